The summed E-state index contributed by atoms with van der Waals surface area (Å²) < 4.78 is 0. The molecule has 2 aromatic carbocycles. The molecule has 0 bridgehead atoms. The topological polar surface area (TPSA) is 73.2 Å². The zero-order valence-corrected chi connectivity index (χ0v) is 15.4. The average Bonchev–Trinajstić information content (AvgIpc) is 3.17. The van der Waals surface area contributed by atoms with Gasteiger partial charge in [0.25, 0.3) is 0 Å². The van der Waals surface area contributed by atoms with Crippen LogP contribution < -0.4 is 5.32 Å². The van der Waals surface area contributed by atoms with E-state index in [1.54, 1.807) is 23.1 Å². The van der Waals surface area contributed by atoms with E-state index in [4.69, 9.17) is 5.26 Å². The normalized spacial score (nSPS) is 16.0. The molecule has 1 N–H and O–H groups in total. The highest BCUT2D eigenvalue weighted by atomic mass is 16.2. The zero-order chi connectivity index (χ0) is 19.2. The van der Waals surface area contributed by atoms with Gasteiger partial charge in [-0.2, -0.15) is 5.26 Å². The summed E-state index contributed by atoms with van der Waals surface area (Å²) in [5.41, 5.74) is 3.55. The first-order valence-electron chi connectivity index (χ1n) is 9.18. The van der Waals surface area contributed by atoms with E-state index < -0.39 is 6.04 Å². The van der Waals surface area contributed by atoms with Crippen LogP contribution >= 0.6 is 0 Å². The van der Waals surface area contributed by atoms with Crippen LogP contribution in [0.25, 0.3) is 0 Å². The fourth-order valence-corrected chi connectivity index (χ4v) is 3.38. The molecule has 0 aliphatic carbocycles. The highest BCUT2D eigenvalue weighted by Crippen LogP contribution is 2.19. The summed E-state index contributed by atoms with van der Waals surface area (Å²) in [6.07, 6.45) is 1.72. The van der Waals surface area contributed by atoms with Crippen molar-refractivity contribution in [3.63, 3.8) is 0 Å². The molecule has 138 valence electrons. The molecular formula is C22H23N3O2. The van der Waals surface area contributed by atoms with Crippen molar-refractivity contribution in [3.8, 4) is 6.07 Å². The highest BCUT2D eigenvalue weighted by Gasteiger charge is 2.33. The van der Waals surface area contributed by atoms with Gasteiger partial charge in [0.2, 0.25) is 11.8 Å². The Hall–Kier alpha value is -3.13. The Morgan fingerprint density at radius 2 is 1.96 bits per heavy atom. The molecule has 1 aliphatic heterocycles. The number of carbonyl (C=O) groups excluding carboxylic acids is 2. The van der Waals surface area contributed by atoms with E-state index in [2.05, 4.69) is 11.4 Å². The summed E-state index contributed by atoms with van der Waals surface area (Å²) in [5.74, 6) is -0.176. The molecule has 5 nitrogen and oxygen atoms in total. The van der Waals surface area contributed by atoms with Crippen LogP contribution in [-0.2, 0) is 22.6 Å². The number of rotatable bonds is 5. The Morgan fingerprint density at radius 1 is 1.19 bits per heavy atom. The van der Waals surface area contributed by atoms with Crippen LogP contribution in [0.2, 0.25) is 0 Å². The third kappa shape index (κ3) is 4.73. The molecule has 2 aromatic rings. The largest absolute Gasteiger partial charge is 0.350 e. The molecule has 1 unspecified atom stereocenters. The average molecular weight is 361 g/mol. The molecule has 0 saturated carbocycles. The summed E-state index contributed by atoms with van der Waals surface area (Å²) >= 11 is 0. The first kappa shape index (κ1) is 18.7. The molecule has 1 fully saturated rings. The van der Waals surface area contributed by atoms with E-state index in [-0.39, 0.29) is 18.2 Å². The maximum atomic E-state index is 12.7. The highest BCUT2D eigenvalue weighted by molar-refractivity contribution is 5.89. The standard InChI is InChI=1S/C22H23N3O2/c1-16-7-9-17(10-8-16)15-24-22(27)20-6-3-11-25(20)21(26)13-18-4-2-5-19(12-18)14-23/h2,4-5,7-10,12,20H,3,6,11,13,15H2,1H3,(H,24,27). The van der Waals surface area contributed by atoms with Gasteiger partial charge in [-0.05, 0) is 43.0 Å². The number of nitriles is 1. The van der Waals surface area contributed by atoms with Crippen molar-refractivity contribution in [2.75, 3.05) is 6.54 Å². The second-order valence-corrected chi connectivity index (χ2v) is 6.94. The van der Waals surface area contributed by atoms with Crippen LogP contribution in [-0.4, -0.2) is 29.3 Å². The third-order valence-electron chi connectivity index (χ3n) is 4.87. The Kier molecular flexibility index (Phi) is 5.87. The van der Waals surface area contributed by atoms with Crippen LogP contribution in [0, 0.1) is 18.3 Å². The number of likely N-dealkylation sites (tertiary alicyclic amines) is 1. The van der Waals surface area contributed by atoms with Crippen LogP contribution in [0.5, 0.6) is 0 Å². The molecule has 3 rings (SSSR count). The lowest BCUT2D eigenvalue weighted by molar-refractivity contribution is -0.138. The monoisotopic (exact) mass is 361 g/mol. The van der Waals surface area contributed by atoms with Crippen LogP contribution in [0.15, 0.2) is 48.5 Å². The fourth-order valence-electron chi connectivity index (χ4n) is 3.38. The van der Waals surface area contributed by atoms with E-state index >= 15 is 0 Å². The lowest BCUT2D eigenvalue weighted by Crippen LogP contribution is -2.46. The Balaban J connectivity index is 1.60. The van der Waals surface area contributed by atoms with Gasteiger partial charge in [-0.25, -0.2) is 0 Å². The molecule has 5 heteroatoms. The first-order valence-corrected chi connectivity index (χ1v) is 9.18. The molecule has 1 heterocycles. The van der Waals surface area contributed by atoms with E-state index in [9.17, 15) is 9.59 Å². The first-order chi connectivity index (χ1) is 13.1. The van der Waals surface area contributed by atoms with Crippen molar-refractivity contribution in [1.82, 2.24) is 10.2 Å². The maximum Gasteiger partial charge on any atom is 0.243 e. The van der Waals surface area contributed by atoms with E-state index in [0.717, 1.165) is 17.5 Å². The van der Waals surface area contributed by atoms with Gasteiger partial charge in [-0.1, -0.05) is 42.0 Å². The smallest absolute Gasteiger partial charge is 0.243 e. The summed E-state index contributed by atoms with van der Waals surface area (Å²) in [7, 11) is 0. The number of nitrogens with zero attached hydrogens (tertiary/aromatic N) is 2. The molecule has 2 amide bonds. The molecule has 1 aliphatic rings. The molecular weight excluding hydrogens is 338 g/mol. The lowest BCUT2D eigenvalue weighted by atomic mass is 10.1. The van der Waals surface area contributed by atoms with Gasteiger partial charge in [0, 0.05) is 13.1 Å². The van der Waals surface area contributed by atoms with Crippen LogP contribution in [0.3, 0.4) is 0 Å². The number of benzene rings is 2. The zero-order valence-electron chi connectivity index (χ0n) is 15.4. The number of hydrogen-bond donors (Lipinski definition) is 1. The van der Waals surface area contributed by atoms with Crippen molar-refractivity contribution in [3.05, 3.63) is 70.8 Å². The quantitative estimate of drug-likeness (QED) is 0.890. The van der Waals surface area contributed by atoms with Gasteiger partial charge in [0.15, 0.2) is 0 Å². The summed E-state index contributed by atoms with van der Waals surface area (Å²) in [5, 5.41) is 11.9. The molecule has 1 saturated heterocycles. The fraction of sp³-hybridized carbons (Fsp3) is 0.318. The van der Waals surface area contributed by atoms with Crippen molar-refractivity contribution < 1.29 is 9.59 Å². The van der Waals surface area contributed by atoms with Gasteiger partial charge in [0.05, 0.1) is 18.1 Å². The van der Waals surface area contributed by atoms with Crippen molar-refractivity contribution in [2.45, 2.75) is 38.8 Å². The molecule has 0 radical (unpaired) electrons. The second kappa shape index (κ2) is 8.50. The SMILES string of the molecule is Cc1ccc(CNC(=O)C2CCCN2C(=O)Cc2cccc(C#N)c2)cc1. The van der Waals surface area contributed by atoms with Crippen molar-refractivity contribution >= 4 is 11.8 Å². The molecule has 1 atom stereocenters. The Morgan fingerprint density at radius 3 is 2.70 bits per heavy atom. The Labute approximate surface area is 159 Å². The van der Waals surface area contributed by atoms with E-state index in [1.807, 2.05) is 37.3 Å². The van der Waals surface area contributed by atoms with Crippen molar-refractivity contribution in [1.29, 1.82) is 5.26 Å². The summed E-state index contributed by atoms with van der Waals surface area (Å²) in [4.78, 5) is 27.0. The van der Waals surface area contributed by atoms with Gasteiger partial charge >= 0.3 is 0 Å². The Bertz CT molecular complexity index is 868. The number of carbonyl (C=O) groups is 2. The number of hydrogen-bond acceptors (Lipinski definition) is 3. The van der Waals surface area contributed by atoms with E-state index in [1.165, 1.54) is 5.56 Å². The minimum absolute atomic E-state index is 0.0712. The number of nitrogens with one attached hydrogen (secondary N) is 1. The van der Waals surface area contributed by atoms with Crippen molar-refractivity contribution in [2.24, 2.45) is 0 Å². The predicted octanol–water partition coefficient (Wildman–Crippen LogP) is 2.72. The van der Waals surface area contributed by atoms with E-state index in [0.29, 0.717) is 25.1 Å². The third-order valence-corrected chi connectivity index (χ3v) is 4.87. The predicted molar refractivity (Wildman–Crippen MR) is 103 cm³/mol. The summed E-state index contributed by atoms with van der Waals surface area (Å²) in [6, 6.07) is 16.7. The van der Waals surface area contributed by atoms with Crippen LogP contribution in [0.1, 0.15) is 35.1 Å². The molecule has 0 spiro atoms. The molecule has 27 heavy (non-hydrogen) atoms. The van der Waals surface area contributed by atoms with Gasteiger partial charge < -0.3 is 10.2 Å². The maximum absolute atomic E-state index is 12.7. The number of amides is 2. The number of aryl methyl sites for hydroxylation is 1. The van der Waals surface area contributed by atoms with Gasteiger partial charge in [-0.15, -0.1) is 0 Å². The second-order valence-electron chi connectivity index (χ2n) is 6.94. The minimum Gasteiger partial charge on any atom is -0.350 e. The van der Waals surface area contributed by atoms with Crippen LogP contribution in [0.4, 0.5) is 0 Å². The van der Waals surface area contributed by atoms with Gasteiger partial charge in [-0.3, -0.25) is 9.59 Å². The molecule has 0 aromatic heterocycles. The van der Waals surface area contributed by atoms with Gasteiger partial charge in [0.1, 0.15) is 6.04 Å². The lowest BCUT2D eigenvalue weighted by Gasteiger charge is -2.24. The minimum atomic E-state index is -0.415. The summed E-state index contributed by atoms with van der Waals surface area (Å²) in [6.45, 7) is 3.08.